The maximum absolute atomic E-state index is 13.5. The van der Waals surface area contributed by atoms with Crippen LogP contribution in [0.15, 0.2) is 36.7 Å². The summed E-state index contributed by atoms with van der Waals surface area (Å²) in [5.74, 6) is 1.14. The Labute approximate surface area is 210 Å². The van der Waals surface area contributed by atoms with Gasteiger partial charge >= 0.3 is 0 Å². The van der Waals surface area contributed by atoms with Crippen molar-refractivity contribution in [3.63, 3.8) is 0 Å². The summed E-state index contributed by atoms with van der Waals surface area (Å²) < 4.78 is 17.5. The molecule has 186 valence electrons. The summed E-state index contributed by atoms with van der Waals surface area (Å²) in [6, 6.07) is 8.53. The van der Waals surface area contributed by atoms with Crippen molar-refractivity contribution in [2.75, 3.05) is 0 Å². The molecule has 2 fully saturated rings. The van der Waals surface area contributed by atoms with Crippen molar-refractivity contribution in [1.82, 2.24) is 29.5 Å². The number of nitrogens with zero attached hydrogens (tertiary/aromatic N) is 6. The molecule has 1 aromatic carbocycles. The van der Waals surface area contributed by atoms with Crippen LogP contribution in [-0.2, 0) is 19.4 Å². The van der Waals surface area contributed by atoms with Crippen LogP contribution in [0.25, 0.3) is 17.1 Å². The molecule has 3 aromatic heterocycles. The highest BCUT2D eigenvalue weighted by Crippen LogP contribution is 2.39. The lowest BCUT2D eigenvalue weighted by Gasteiger charge is -2.10. The van der Waals surface area contributed by atoms with Gasteiger partial charge in [-0.3, -0.25) is 4.68 Å². The summed E-state index contributed by atoms with van der Waals surface area (Å²) in [7, 11) is 0. The molecule has 2 saturated carbocycles. The van der Waals surface area contributed by atoms with Gasteiger partial charge in [0.15, 0.2) is 5.82 Å². The van der Waals surface area contributed by atoms with Crippen molar-refractivity contribution in [3.05, 3.63) is 76.4 Å². The van der Waals surface area contributed by atoms with Crippen LogP contribution in [0, 0.1) is 32.5 Å². The number of hydrogen-bond donors (Lipinski definition) is 1. The molecule has 36 heavy (non-hydrogen) atoms. The molecule has 0 atom stereocenters. The molecule has 0 bridgehead atoms. The standard InChI is InChI=1S/C28H31FN6O/c1-17-25(34(15-20-4-5-20)33-27(17)21-6-8-22(29)9-7-21)12-23-13-26(31-16-30-23)35-19(3)24(18(2)32-35)14-28(36)10-11-28/h6-9,13,16,20,36H,4-5,10-12,14-15H2,1-3H3. The fourth-order valence-corrected chi connectivity index (χ4v) is 4.96. The van der Waals surface area contributed by atoms with E-state index < -0.39 is 5.60 Å². The topological polar surface area (TPSA) is 81.7 Å². The molecule has 2 aliphatic rings. The Bertz CT molecular complexity index is 1430. The van der Waals surface area contributed by atoms with Crippen LogP contribution < -0.4 is 0 Å². The highest BCUT2D eigenvalue weighted by Gasteiger charge is 2.41. The third-order valence-corrected chi connectivity index (χ3v) is 7.62. The molecule has 3 heterocycles. The number of hydrogen-bond acceptors (Lipinski definition) is 5. The van der Waals surface area contributed by atoms with E-state index in [2.05, 4.69) is 21.6 Å². The second kappa shape index (κ2) is 8.62. The largest absolute Gasteiger partial charge is 0.390 e. The number of rotatable bonds is 8. The molecule has 0 saturated heterocycles. The molecule has 7 nitrogen and oxygen atoms in total. The average Bonchev–Trinajstić information content (AvgIpc) is 3.78. The Kier molecular flexibility index (Phi) is 5.52. The molecular formula is C28H31FN6O. The number of benzene rings is 1. The summed E-state index contributed by atoms with van der Waals surface area (Å²) in [6.45, 7) is 7.00. The van der Waals surface area contributed by atoms with Gasteiger partial charge in [0, 0.05) is 42.4 Å². The minimum absolute atomic E-state index is 0.249. The van der Waals surface area contributed by atoms with Crippen molar-refractivity contribution >= 4 is 0 Å². The predicted molar refractivity (Wildman–Crippen MR) is 134 cm³/mol. The summed E-state index contributed by atoms with van der Waals surface area (Å²) in [4.78, 5) is 9.09. The first-order valence-electron chi connectivity index (χ1n) is 12.7. The van der Waals surface area contributed by atoms with Gasteiger partial charge in [0.2, 0.25) is 0 Å². The Morgan fingerprint density at radius 3 is 2.50 bits per heavy atom. The third-order valence-electron chi connectivity index (χ3n) is 7.62. The van der Waals surface area contributed by atoms with Gasteiger partial charge in [-0.15, -0.1) is 0 Å². The van der Waals surface area contributed by atoms with Crippen molar-refractivity contribution in [2.45, 2.75) is 71.4 Å². The summed E-state index contributed by atoms with van der Waals surface area (Å²) in [5.41, 5.74) is 7.37. The van der Waals surface area contributed by atoms with Gasteiger partial charge in [-0.05, 0) is 87.8 Å². The monoisotopic (exact) mass is 486 g/mol. The van der Waals surface area contributed by atoms with E-state index in [1.54, 1.807) is 18.5 Å². The summed E-state index contributed by atoms with van der Waals surface area (Å²) in [6.07, 6.45) is 7.01. The molecule has 0 aliphatic heterocycles. The molecule has 4 aromatic rings. The van der Waals surface area contributed by atoms with Crippen molar-refractivity contribution in [1.29, 1.82) is 0 Å². The third kappa shape index (κ3) is 4.46. The minimum atomic E-state index is -0.570. The molecule has 8 heteroatoms. The van der Waals surface area contributed by atoms with E-state index in [-0.39, 0.29) is 5.82 Å². The normalized spacial score (nSPS) is 16.5. The molecule has 2 aliphatic carbocycles. The average molecular weight is 487 g/mol. The van der Waals surface area contributed by atoms with Crippen LogP contribution in [-0.4, -0.2) is 40.2 Å². The van der Waals surface area contributed by atoms with Crippen LogP contribution >= 0.6 is 0 Å². The van der Waals surface area contributed by atoms with Crippen LogP contribution in [0.1, 0.15) is 59.6 Å². The molecule has 0 spiro atoms. The molecule has 1 N–H and O–H groups in total. The molecular weight excluding hydrogens is 455 g/mol. The zero-order valence-corrected chi connectivity index (χ0v) is 21.0. The lowest BCUT2D eigenvalue weighted by atomic mass is 10.0. The minimum Gasteiger partial charge on any atom is -0.390 e. The summed E-state index contributed by atoms with van der Waals surface area (Å²) >= 11 is 0. The van der Waals surface area contributed by atoms with E-state index >= 15 is 0 Å². The number of aromatic nitrogens is 6. The number of aliphatic hydroxyl groups is 1. The van der Waals surface area contributed by atoms with Gasteiger partial charge in [0.05, 0.1) is 22.7 Å². The highest BCUT2D eigenvalue weighted by atomic mass is 19.1. The van der Waals surface area contributed by atoms with E-state index in [0.717, 1.165) is 70.4 Å². The first kappa shape index (κ1) is 23.0. The van der Waals surface area contributed by atoms with Gasteiger partial charge in [0.25, 0.3) is 0 Å². The number of halogens is 1. The van der Waals surface area contributed by atoms with Crippen LogP contribution in [0.3, 0.4) is 0 Å². The van der Waals surface area contributed by atoms with Gasteiger partial charge in [-0.2, -0.15) is 10.2 Å². The lowest BCUT2D eigenvalue weighted by Crippen LogP contribution is -2.12. The Morgan fingerprint density at radius 1 is 1.06 bits per heavy atom. The highest BCUT2D eigenvalue weighted by molar-refractivity contribution is 5.64. The maximum Gasteiger partial charge on any atom is 0.157 e. The van der Waals surface area contributed by atoms with E-state index in [1.807, 2.05) is 24.6 Å². The fourth-order valence-electron chi connectivity index (χ4n) is 4.96. The molecule has 0 unspecified atom stereocenters. The Hall–Kier alpha value is -3.39. The molecule has 6 rings (SSSR count). The second-order valence-corrected chi connectivity index (χ2v) is 10.6. The zero-order chi connectivity index (χ0) is 25.0. The van der Waals surface area contributed by atoms with Gasteiger partial charge in [-0.25, -0.2) is 19.0 Å². The maximum atomic E-state index is 13.5. The summed E-state index contributed by atoms with van der Waals surface area (Å²) in [5, 5.41) is 20.1. The van der Waals surface area contributed by atoms with Gasteiger partial charge < -0.3 is 5.11 Å². The lowest BCUT2D eigenvalue weighted by molar-refractivity contribution is 0.150. The smallest absolute Gasteiger partial charge is 0.157 e. The first-order chi connectivity index (χ1) is 17.3. The fraction of sp³-hybridized carbons (Fsp3) is 0.429. The SMILES string of the molecule is Cc1nn(-c2cc(Cc3c(C)c(-c4ccc(F)cc4)nn3CC3CC3)ncn2)c(C)c1CC1(O)CC1. The van der Waals surface area contributed by atoms with Gasteiger partial charge in [0.1, 0.15) is 12.1 Å². The van der Waals surface area contributed by atoms with E-state index in [0.29, 0.717) is 18.8 Å². The Morgan fingerprint density at radius 2 is 1.81 bits per heavy atom. The van der Waals surface area contributed by atoms with Crippen molar-refractivity contribution in [2.24, 2.45) is 5.92 Å². The predicted octanol–water partition coefficient (Wildman–Crippen LogP) is 4.66. The molecule has 0 amide bonds. The van der Waals surface area contributed by atoms with Crippen LogP contribution in [0.4, 0.5) is 4.39 Å². The first-order valence-corrected chi connectivity index (χ1v) is 12.7. The van der Waals surface area contributed by atoms with Gasteiger partial charge in [-0.1, -0.05) is 0 Å². The van der Waals surface area contributed by atoms with E-state index in [4.69, 9.17) is 10.2 Å². The van der Waals surface area contributed by atoms with Crippen molar-refractivity contribution < 1.29 is 9.50 Å². The second-order valence-electron chi connectivity index (χ2n) is 10.6. The quantitative estimate of drug-likeness (QED) is 0.392. The number of aryl methyl sites for hydroxylation is 1. The molecule has 0 radical (unpaired) electrons. The van der Waals surface area contributed by atoms with Crippen LogP contribution in [0.2, 0.25) is 0 Å². The van der Waals surface area contributed by atoms with Crippen LogP contribution in [0.5, 0.6) is 0 Å². The van der Waals surface area contributed by atoms with E-state index in [1.165, 1.54) is 25.0 Å². The Balaban J connectivity index is 1.33. The van der Waals surface area contributed by atoms with Crippen molar-refractivity contribution in [3.8, 4) is 17.1 Å². The zero-order valence-electron chi connectivity index (χ0n) is 21.0. The van der Waals surface area contributed by atoms with E-state index in [9.17, 15) is 9.50 Å².